The van der Waals surface area contributed by atoms with Crippen LogP contribution >= 0.6 is 0 Å². The van der Waals surface area contributed by atoms with E-state index < -0.39 is 0 Å². The zero-order valence-corrected chi connectivity index (χ0v) is 16.5. The number of amides is 1. The molecule has 7 heteroatoms. The molecule has 29 heavy (non-hydrogen) atoms. The molecule has 1 aromatic heterocycles. The number of hydrogen-bond donors (Lipinski definition) is 1. The van der Waals surface area contributed by atoms with E-state index >= 15 is 0 Å². The molecule has 4 rings (SSSR count). The first-order chi connectivity index (χ1) is 14.2. The van der Waals surface area contributed by atoms with Crippen molar-refractivity contribution >= 4 is 5.91 Å². The van der Waals surface area contributed by atoms with E-state index in [1.807, 2.05) is 12.4 Å². The van der Waals surface area contributed by atoms with Crippen LogP contribution in [-0.2, 0) is 17.8 Å². The summed E-state index contributed by atoms with van der Waals surface area (Å²) in [5.74, 6) is 0.625. The summed E-state index contributed by atoms with van der Waals surface area (Å²) >= 11 is 0. The van der Waals surface area contributed by atoms with Gasteiger partial charge in [0.25, 0.3) is 5.91 Å². The highest BCUT2D eigenvalue weighted by atomic mass is 19.1. The number of likely N-dealkylation sites (tertiary alicyclic amines) is 1. The van der Waals surface area contributed by atoms with Crippen LogP contribution in [0.3, 0.4) is 0 Å². The van der Waals surface area contributed by atoms with Gasteiger partial charge in [-0.25, -0.2) is 14.4 Å². The molecule has 1 N–H and O–H groups in total. The second kappa shape index (κ2) is 9.31. The Morgan fingerprint density at radius 3 is 2.93 bits per heavy atom. The Bertz CT molecular complexity index is 833. The summed E-state index contributed by atoms with van der Waals surface area (Å²) in [6.45, 7) is 2.66. The van der Waals surface area contributed by atoms with Gasteiger partial charge in [-0.05, 0) is 55.4 Å². The third kappa shape index (κ3) is 5.29. The second-order valence-electron chi connectivity index (χ2n) is 7.99. The van der Waals surface area contributed by atoms with Crippen molar-refractivity contribution in [1.82, 2.24) is 20.2 Å². The Labute approximate surface area is 170 Å². The van der Waals surface area contributed by atoms with E-state index in [1.165, 1.54) is 12.1 Å². The number of benzene rings is 1. The van der Waals surface area contributed by atoms with E-state index in [2.05, 4.69) is 20.2 Å². The van der Waals surface area contributed by atoms with Gasteiger partial charge in [-0.3, -0.25) is 9.69 Å². The third-order valence-electron chi connectivity index (χ3n) is 5.84. The van der Waals surface area contributed by atoms with Crippen molar-refractivity contribution in [1.29, 1.82) is 0 Å². The first-order valence-corrected chi connectivity index (χ1v) is 10.3. The van der Waals surface area contributed by atoms with E-state index in [1.54, 1.807) is 12.4 Å². The molecule has 0 spiro atoms. The lowest BCUT2D eigenvalue weighted by Crippen LogP contribution is -2.51. The molecule has 0 radical (unpaired) electrons. The largest absolute Gasteiger partial charge is 0.483 e. The van der Waals surface area contributed by atoms with Gasteiger partial charge < -0.3 is 10.1 Å². The number of aromatic nitrogens is 2. The molecule has 154 valence electrons. The van der Waals surface area contributed by atoms with Crippen LogP contribution < -0.4 is 10.1 Å². The SMILES string of the molecule is O=C1COc2ccc(F)cc2CCCC[C@@H]2CN(Cc3cncnc3)CC[C@@H]2N1. The van der Waals surface area contributed by atoms with Crippen LogP contribution in [0.1, 0.15) is 36.8 Å². The minimum atomic E-state index is -0.267. The molecular formula is C22H27FN4O2. The van der Waals surface area contributed by atoms with Gasteiger partial charge in [-0.2, -0.15) is 0 Å². The predicted molar refractivity (Wildman–Crippen MR) is 107 cm³/mol. The standard InChI is InChI=1S/C22H27FN4O2/c23-19-5-6-21-17(9-19)3-1-2-4-18-13-27(12-16-10-24-15-25-11-16)8-7-20(18)26-22(28)14-29-21/h5-6,9-11,15,18,20H,1-4,7-8,12-14H2,(H,26,28)/t18-,20+/m1/s1. The Morgan fingerprint density at radius 1 is 1.21 bits per heavy atom. The first-order valence-electron chi connectivity index (χ1n) is 10.3. The van der Waals surface area contributed by atoms with E-state index in [9.17, 15) is 9.18 Å². The third-order valence-corrected chi connectivity index (χ3v) is 5.84. The summed E-state index contributed by atoms with van der Waals surface area (Å²) in [7, 11) is 0. The highest BCUT2D eigenvalue weighted by Crippen LogP contribution is 2.27. The van der Waals surface area contributed by atoms with Crippen molar-refractivity contribution in [3.05, 3.63) is 53.9 Å². The van der Waals surface area contributed by atoms with Gasteiger partial charge in [0.2, 0.25) is 0 Å². The van der Waals surface area contributed by atoms with Crippen molar-refractivity contribution < 1.29 is 13.9 Å². The van der Waals surface area contributed by atoms with Crippen molar-refractivity contribution in [2.75, 3.05) is 19.7 Å². The van der Waals surface area contributed by atoms with E-state index in [4.69, 9.17) is 4.74 Å². The Balaban J connectivity index is 1.42. The first kappa shape index (κ1) is 19.8. The molecule has 1 aromatic carbocycles. The van der Waals surface area contributed by atoms with Crippen LogP contribution in [0.2, 0.25) is 0 Å². The number of carbonyl (C=O) groups excluding carboxylic acids is 1. The number of halogens is 1. The van der Waals surface area contributed by atoms with Gasteiger partial charge >= 0.3 is 0 Å². The van der Waals surface area contributed by atoms with Gasteiger partial charge in [-0.15, -0.1) is 0 Å². The normalized spacial score (nSPS) is 23.6. The van der Waals surface area contributed by atoms with E-state index in [-0.39, 0.29) is 24.4 Å². The lowest BCUT2D eigenvalue weighted by molar-refractivity contribution is -0.124. The van der Waals surface area contributed by atoms with E-state index in [0.29, 0.717) is 11.7 Å². The summed E-state index contributed by atoms with van der Waals surface area (Å²) in [5.41, 5.74) is 1.94. The minimum Gasteiger partial charge on any atom is -0.483 e. The number of carbonyl (C=O) groups is 1. The summed E-state index contributed by atoms with van der Waals surface area (Å²) in [6.07, 6.45) is 10.00. The summed E-state index contributed by atoms with van der Waals surface area (Å²) in [6, 6.07) is 4.69. The van der Waals surface area contributed by atoms with Gasteiger partial charge in [0.15, 0.2) is 6.61 Å². The average Bonchev–Trinajstić information content (AvgIpc) is 2.72. The van der Waals surface area contributed by atoms with Crippen molar-refractivity contribution in [3.8, 4) is 5.75 Å². The van der Waals surface area contributed by atoms with Crippen LogP contribution in [0.25, 0.3) is 0 Å². The number of nitrogens with zero attached hydrogens (tertiary/aromatic N) is 3. The van der Waals surface area contributed by atoms with Crippen molar-refractivity contribution in [2.24, 2.45) is 5.92 Å². The fraction of sp³-hybridized carbons (Fsp3) is 0.500. The average molecular weight is 398 g/mol. The number of nitrogens with one attached hydrogen (secondary N) is 1. The molecule has 2 atom stereocenters. The smallest absolute Gasteiger partial charge is 0.258 e. The highest BCUT2D eigenvalue weighted by molar-refractivity contribution is 5.78. The Morgan fingerprint density at radius 2 is 2.07 bits per heavy atom. The van der Waals surface area contributed by atoms with Gasteiger partial charge in [0.05, 0.1) is 0 Å². The second-order valence-corrected chi connectivity index (χ2v) is 7.99. The molecule has 0 bridgehead atoms. The fourth-order valence-electron chi connectivity index (χ4n) is 4.40. The monoisotopic (exact) mass is 398 g/mol. The predicted octanol–water partition coefficient (Wildman–Crippen LogP) is 2.73. The molecule has 6 nitrogen and oxygen atoms in total. The van der Waals surface area contributed by atoms with Crippen molar-refractivity contribution in [2.45, 2.75) is 44.7 Å². The highest BCUT2D eigenvalue weighted by Gasteiger charge is 2.30. The molecule has 1 amide bonds. The molecule has 2 aliphatic heterocycles. The van der Waals surface area contributed by atoms with Gasteiger partial charge in [-0.1, -0.05) is 6.42 Å². The summed E-state index contributed by atoms with van der Waals surface area (Å²) in [4.78, 5) is 23.1. The zero-order valence-electron chi connectivity index (χ0n) is 16.5. The maximum atomic E-state index is 13.6. The maximum Gasteiger partial charge on any atom is 0.258 e. The number of piperidine rings is 1. The van der Waals surface area contributed by atoms with Crippen LogP contribution in [0.15, 0.2) is 36.9 Å². The fourth-order valence-corrected chi connectivity index (χ4v) is 4.40. The molecule has 3 heterocycles. The van der Waals surface area contributed by atoms with Crippen LogP contribution in [0.5, 0.6) is 5.75 Å². The Kier molecular flexibility index (Phi) is 6.34. The summed E-state index contributed by atoms with van der Waals surface area (Å²) in [5, 5.41) is 3.17. The summed E-state index contributed by atoms with van der Waals surface area (Å²) < 4.78 is 19.3. The number of ether oxygens (including phenoxy) is 1. The van der Waals surface area contributed by atoms with Gasteiger partial charge in [0, 0.05) is 43.6 Å². The molecular weight excluding hydrogens is 371 g/mol. The van der Waals surface area contributed by atoms with Gasteiger partial charge in [0.1, 0.15) is 17.9 Å². The number of aryl methyl sites for hydroxylation is 1. The number of rotatable bonds is 2. The number of hydrogen-bond acceptors (Lipinski definition) is 5. The van der Waals surface area contributed by atoms with Crippen LogP contribution in [-0.4, -0.2) is 46.5 Å². The zero-order chi connectivity index (χ0) is 20.1. The maximum absolute atomic E-state index is 13.6. The Hall–Kier alpha value is -2.54. The molecule has 0 aliphatic carbocycles. The van der Waals surface area contributed by atoms with Crippen LogP contribution in [0, 0.1) is 11.7 Å². The quantitative estimate of drug-likeness (QED) is 0.843. The van der Waals surface area contributed by atoms with Crippen LogP contribution in [0.4, 0.5) is 4.39 Å². The minimum absolute atomic E-state index is 0.0348. The molecule has 0 saturated carbocycles. The molecule has 1 fully saturated rings. The van der Waals surface area contributed by atoms with Crippen molar-refractivity contribution in [3.63, 3.8) is 0 Å². The number of fused-ring (bicyclic) bond motifs is 2. The lowest BCUT2D eigenvalue weighted by atomic mass is 9.87. The molecule has 0 unspecified atom stereocenters. The topological polar surface area (TPSA) is 67.3 Å². The lowest BCUT2D eigenvalue weighted by Gasteiger charge is -2.39. The van der Waals surface area contributed by atoms with E-state index in [0.717, 1.165) is 62.9 Å². The molecule has 1 saturated heterocycles. The molecule has 2 aliphatic rings. The molecule has 2 aromatic rings.